The fraction of sp³-hybridized carbons (Fsp3) is 0.471. The Bertz CT molecular complexity index is 703. The largest absolute Gasteiger partial charge is 0.391 e. The second-order valence-electron chi connectivity index (χ2n) is 5.88. The highest BCUT2D eigenvalue weighted by Gasteiger charge is 2.22. The summed E-state index contributed by atoms with van der Waals surface area (Å²) >= 11 is 6.09. The van der Waals surface area contributed by atoms with Crippen LogP contribution in [-0.2, 0) is 6.42 Å². The van der Waals surface area contributed by atoms with E-state index in [0.29, 0.717) is 13.1 Å². The lowest BCUT2D eigenvalue weighted by atomic mass is 10.1. The number of halogens is 2. The summed E-state index contributed by atoms with van der Waals surface area (Å²) in [7, 11) is 0. The van der Waals surface area contributed by atoms with Crippen LogP contribution < -0.4 is 5.32 Å². The molecule has 1 aromatic carbocycles. The number of aromatic amines is 1. The monoisotopic (exact) mass is 462 g/mol. The molecule has 0 bridgehead atoms. The van der Waals surface area contributed by atoms with Gasteiger partial charge in [0.1, 0.15) is 0 Å². The van der Waals surface area contributed by atoms with Crippen LogP contribution in [0.4, 0.5) is 0 Å². The van der Waals surface area contributed by atoms with Gasteiger partial charge in [-0.3, -0.25) is 4.99 Å². The first-order chi connectivity index (χ1) is 11.2. The SMILES string of the molecule is CCNC(=NCCc1c[nH]c2ccc(Cl)cc12)N1CC[C@@H](O)C1.I. The lowest BCUT2D eigenvalue weighted by Gasteiger charge is -2.20. The van der Waals surface area contributed by atoms with Crippen LogP contribution in [0.1, 0.15) is 18.9 Å². The van der Waals surface area contributed by atoms with Crippen LogP contribution in [-0.4, -0.2) is 53.2 Å². The Kier molecular flexibility index (Phi) is 7.18. The van der Waals surface area contributed by atoms with Gasteiger partial charge in [0, 0.05) is 48.3 Å². The fourth-order valence-electron chi connectivity index (χ4n) is 3.00. The van der Waals surface area contributed by atoms with Gasteiger partial charge in [-0.1, -0.05) is 11.6 Å². The first-order valence-corrected chi connectivity index (χ1v) is 8.52. The molecule has 1 atom stereocenters. The van der Waals surface area contributed by atoms with Gasteiger partial charge >= 0.3 is 0 Å². The quantitative estimate of drug-likeness (QED) is 0.372. The molecule has 2 aromatic rings. The van der Waals surface area contributed by atoms with Crippen molar-refractivity contribution in [3.63, 3.8) is 0 Å². The maximum Gasteiger partial charge on any atom is 0.194 e. The standard InChI is InChI=1S/C17H23ClN4O.HI/c1-2-19-17(22-8-6-14(23)11-22)20-7-5-12-10-21-16-4-3-13(18)9-15(12)16;/h3-4,9-10,14,21,23H,2,5-8,11H2,1H3,(H,19,20);1H/t14-;/m1./s1. The molecule has 2 heterocycles. The highest BCUT2D eigenvalue weighted by Crippen LogP contribution is 2.22. The van der Waals surface area contributed by atoms with Crippen molar-refractivity contribution >= 4 is 52.4 Å². The Morgan fingerprint density at radius 2 is 2.33 bits per heavy atom. The minimum atomic E-state index is -0.241. The fourth-order valence-corrected chi connectivity index (χ4v) is 3.17. The van der Waals surface area contributed by atoms with Crippen molar-refractivity contribution in [1.82, 2.24) is 15.2 Å². The number of H-pyrrole nitrogens is 1. The molecule has 7 heteroatoms. The first-order valence-electron chi connectivity index (χ1n) is 8.14. The zero-order valence-corrected chi connectivity index (χ0v) is 16.8. The number of β-amino-alcohol motifs (C(OH)–C–C–N with tert-alkyl or cyclic N) is 1. The first kappa shape index (κ1) is 19.3. The Morgan fingerprint density at radius 3 is 3.04 bits per heavy atom. The summed E-state index contributed by atoms with van der Waals surface area (Å²) in [6, 6.07) is 5.89. The summed E-state index contributed by atoms with van der Waals surface area (Å²) < 4.78 is 0. The van der Waals surface area contributed by atoms with E-state index in [1.54, 1.807) is 0 Å². The number of nitrogens with one attached hydrogen (secondary N) is 2. The number of guanidine groups is 1. The van der Waals surface area contributed by atoms with E-state index in [2.05, 4.69) is 22.1 Å². The van der Waals surface area contributed by atoms with E-state index in [1.165, 1.54) is 5.56 Å². The smallest absolute Gasteiger partial charge is 0.194 e. The van der Waals surface area contributed by atoms with Crippen LogP contribution in [0.5, 0.6) is 0 Å². The van der Waals surface area contributed by atoms with E-state index < -0.39 is 0 Å². The Morgan fingerprint density at radius 1 is 1.50 bits per heavy atom. The number of aromatic nitrogens is 1. The van der Waals surface area contributed by atoms with Gasteiger partial charge in [-0.15, -0.1) is 24.0 Å². The third kappa shape index (κ3) is 4.55. The second-order valence-corrected chi connectivity index (χ2v) is 6.31. The molecular formula is C17H24ClIN4O. The predicted octanol–water partition coefficient (Wildman–Crippen LogP) is 3.01. The highest BCUT2D eigenvalue weighted by atomic mass is 127. The third-order valence-corrected chi connectivity index (χ3v) is 4.41. The van der Waals surface area contributed by atoms with Crippen molar-refractivity contribution in [3.05, 3.63) is 35.0 Å². The lowest BCUT2D eigenvalue weighted by molar-refractivity contribution is 0.188. The number of hydrogen-bond acceptors (Lipinski definition) is 2. The molecule has 24 heavy (non-hydrogen) atoms. The number of aliphatic hydroxyl groups is 1. The zero-order valence-electron chi connectivity index (χ0n) is 13.8. The van der Waals surface area contributed by atoms with Gasteiger partial charge in [0.25, 0.3) is 0 Å². The van der Waals surface area contributed by atoms with E-state index in [0.717, 1.165) is 47.8 Å². The van der Waals surface area contributed by atoms with E-state index in [4.69, 9.17) is 16.6 Å². The molecule has 5 nitrogen and oxygen atoms in total. The zero-order chi connectivity index (χ0) is 16.2. The summed E-state index contributed by atoms with van der Waals surface area (Å²) in [5.41, 5.74) is 2.33. The number of benzene rings is 1. The van der Waals surface area contributed by atoms with Gasteiger partial charge in [0.15, 0.2) is 5.96 Å². The highest BCUT2D eigenvalue weighted by molar-refractivity contribution is 14.0. The van der Waals surface area contributed by atoms with Crippen LogP contribution in [0.15, 0.2) is 29.4 Å². The Balaban J connectivity index is 0.00000208. The lowest BCUT2D eigenvalue weighted by Crippen LogP contribution is -2.40. The molecule has 132 valence electrons. The van der Waals surface area contributed by atoms with Crippen molar-refractivity contribution in [1.29, 1.82) is 0 Å². The molecule has 1 saturated heterocycles. The maximum atomic E-state index is 9.70. The van der Waals surface area contributed by atoms with Crippen molar-refractivity contribution in [2.24, 2.45) is 4.99 Å². The molecule has 0 radical (unpaired) electrons. The molecule has 0 amide bonds. The summed E-state index contributed by atoms with van der Waals surface area (Å²) in [5, 5.41) is 14.9. The molecular weight excluding hydrogens is 439 g/mol. The number of likely N-dealkylation sites (tertiary alicyclic amines) is 1. The average molecular weight is 463 g/mol. The van der Waals surface area contributed by atoms with Crippen molar-refractivity contribution in [3.8, 4) is 0 Å². The van der Waals surface area contributed by atoms with E-state index >= 15 is 0 Å². The van der Waals surface area contributed by atoms with Crippen molar-refractivity contribution < 1.29 is 5.11 Å². The van der Waals surface area contributed by atoms with Crippen LogP contribution in [0.25, 0.3) is 10.9 Å². The molecule has 0 aliphatic carbocycles. The van der Waals surface area contributed by atoms with Crippen molar-refractivity contribution in [2.45, 2.75) is 25.9 Å². The molecule has 0 unspecified atom stereocenters. The van der Waals surface area contributed by atoms with Crippen molar-refractivity contribution in [2.75, 3.05) is 26.2 Å². The van der Waals surface area contributed by atoms with Gasteiger partial charge in [-0.25, -0.2) is 0 Å². The van der Waals surface area contributed by atoms with Gasteiger partial charge in [0.2, 0.25) is 0 Å². The van der Waals surface area contributed by atoms with E-state index in [-0.39, 0.29) is 30.1 Å². The maximum absolute atomic E-state index is 9.70. The number of fused-ring (bicyclic) bond motifs is 1. The molecule has 3 rings (SSSR count). The van der Waals surface area contributed by atoms with Crippen LogP contribution >= 0.6 is 35.6 Å². The summed E-state index contributed by atoms with van der Waals surface area (Å²) in [5.74, 6) is 0.891. The summed E-state index contributed by atoms with van der Waals surface area (Å²) in [6.45, 7) is 5.11. The minimum Gasteiger partial charge on any atom is -0.391 e. The number of aliphatic imine (C=N–C) groups is 1. The molecule has 0 spiro atoms. The van der Waals surface area contributed by atoms with Gasteiger partial charge < -0.3 is 20.3 Å². The third-order valence-electron chi connectivity index (χ3n) is 4.17. The molecule has 1 aliphatic heterocycles. The summed E-state index contributed by atoms with van der Waals surface area (Å²) in [4.78, 5) is 10.1. The van der Waals surface area contributed by atoms with Gasteiger partial charge in [0.05, 0.1) is 6.10 Å². The number of rotatable bonds is 4. The minimum absolute atomic E-state index is 0. The Hall–Kier alpha value is -0.990. The molecule has 1 aliphatic rings. The van der Waals surface area contributed by atoms with Gasteiger partial charge in [-0.2, -0.15) is 0 Å². The molecule has 1 fully saturated rings. The number of nitrogens with zero attached hydrogens (tertiary/aromatic N) is 2. The number of aliphatic hydroxyl groups excluding tert-OH is 1. The van der Waals surface area contributed by atoms with Crippen LogP contribution in [0.3, 0.4) is 0 Å². The van der Waals surface area contributed by atoms with Crippen LogP contribution in [0, 0.1) is 0 Å². The molecule has 1 aromatic heterocycles. The topological polar surface area (TPSA) is 63.7 Å². The average Bonchev–Trinajstić information content (AvgIpc) is 3.13. The van der Waals surface area contributed by atoms with Crippen LogP contribution in [0.2, 0.25) is 5.02 Å². The van der Waals surface area contributed by atoms with E-state index in [1.807, 2.05) is 24.4 Å². The summed E-state index contributed by atoms with van der Waals surface area (Å²) in [6.07, 6.45) is 3.45. The van der Waals surface area contributed by atoms with Gasteiger partial charge in [-0.05, 0) is 43.5 Å². The Labute approximate surface area is 164 Å². The van der Waals surface area contributed by atoms with E-state index in [9.17, 15) is 5.11 Å². The second kappa shape index (κ2) is 8.92. The normalized spacial score (nSPS) is 18.0. The number of hydrogen-bond donors (Lipinski definition) is 3. The predicted molar refractivity (Wildman–Crippen MR) is 111 cm³/mol. The molecule has 0 saturated carbocycles. The molecule has 3 N–H and O–H groups in total.